The Morgan fingerprint density at radius 2 is 2.05 bits per heavy atom. The lowest BCUT2D eigenvalue weighted by atomic mass is 9.94. The normalized spacial score (nSPS) is 14.2. The van der Waals surface area contributed by atoms with E-state index in [0.717, 1.165) is 29.1 Å². The highest BCUT2D eigenvalue weighted by molar-refractivity contribution is 9.10. The Morgan fingerprint density at radius 3 is 2.58 bits per heavy atom. The number of benzene rings is 1. The van der Waals surface area contributed by atoms with Gasteiger partial charge < -0.3 is 10.1 Å². The van der Waals surface area contributed by atoms with Crippen molar-refractivity contribution in [1.82, 2.24) is 5.32 Å². The van der Waals surface area contributed by atoms with Crippen molar-refractivity contribution in [3.05, 3.63) is 28.2 Å². The smallest absolute Gasteiger partial charge is 0.120 e. The van der Waals surface area contributed by atoms with Gasteiger partial charge in [-0.25, -0.2) is 0 Å². The third-order valence-corrected chi connectivity index (χ3v) is 4.25. The Balaban J connectivity index is 2.89. The molecule has 0 aliphatic heterocycles. The average Bonchev–Trinajstić information content (AvgIpc) is 2.43. The van der Waals surface area contributed by atoms with Crippen LogP contribution in [0.25, 0.3) is 0 Å². The summed E-state index contributed by atoms with van der Waals surface area (Å²) in [5.41, 5.74) is 1.33. The summed E-state index contributed by atoms with van der Waals surface area (Å²) in [6.45, 7) is 7.83. The van der Waals surface area contributed by atoms with E-state index in [2.05, 4.69) is 48.1 Å². The number of ether oxygens (including phenoxy) is 1. The first-order chi connectivity index (χ1) is 9.12. The minimum absolute atomic E-state index is 0.412. The molecular formula is C16H26BrNO. The number of nitrogens with one attached hydrogen (secondary N) is 1. The Hall–Kier alpha value is -0.540. The van der Waals surface area contributed by atoms with Crippen molar-refractivity contribution in [2.24, 2.45) is 5.92 Å². The standard InChI is InChI=1S/C16H26BrNO/c1-5-9-18-16(10-12(3)6-2)14-8-7-13(19-4)11-15(14)17/h7-8,11-12,16,18H,5-6,9-10H2,1-4H3. The summed E-state index contributed by atoms with van der Waals surface area (Å²) >= 11 is 3.67. The Morgan fingerprint density at radius 1 is 1.32 bits per heavy atom. The van der Waals surface area contributed by atoms with E-state index < -0.39 is 0 Å². The van der Waals surface area contributed by atoms with Crippen molar-refractivity contribution in [1.29, 1.82) is 0 Å². The highest BCUT2D eigenvalue weighted by atomic mass is 79.9. The molecule has 0 saturated carbocycles. The van der Waals surface area contributed by atoms with Gasteiger partial charge in [-0.05, 0) is 43.0 Å². The van der Waals surface area contributed by atoms with Gasteiger partial charge in [0.05, 0.1) is 7.11 Å². The zero-order chi connectivity index (χ0) is 14.3. The molecule has 108 valence electrons. The van der Waals surface area contributed by atoms with Crippen LogP contribution < -0.4 is 10.1 Å². The van der Waals surface area contributed by atoms with E-state index in [1.165, 1.54) is 18.4 Å². The molecule has 0 radical (unpaired) electrons. The number of methoxy groups -OCH3 is 1. The van der Waals surface area contributed by atoms with Gasteiger partial charge in [-0.15, -0.1) is 0 Å². The molecule has 2 atom stereocenters. The van der Waals surface area contributed by atoms with Crippen molar-refractivity contribution in [2.75, 3.05) is 13.7 Å². The van der Waals surface area contributed by atoms with Crippen molar-refractivity contribution in [2.45, 2.75) is 46.1 Å². The molecule has 2 unspecified atom stereocenters. The molecule has 1 aromatic carbocycles. The summed E-state index contributed by atoms with van der Waals surface area (Å²) in [4.78, 5) is 0. The number of halogens is 1. The molecule has 0 amide bonds. The van der Waals surface area contributed by atoms with Crippen LogP contribution in [0.15, 0.2) is 22.7 Å². The summed E-state index contributed by atoms with van der Waals surface area (Å²) in [6.07, 6.45) is 3.55. The minimum atomic E-state index is 0.412. The van der Waals surface area contributed by atoms with Gasteiger partial charge in [-0.3, -0.25) is 0 Å². The lowest BCUT2D eigenvalue weighted by Crippen LogP contribution is -2.24. The van der Waals surface area contributed by atoms with Crippen molar-refractivity contribution in [3.8, 4) is 5.75 Å². The summed E-state index contributed by atoms with van der Waals surface area (Å²) in [5, 5.41) is 3.66. The summed E-state index contributed by atoms with van der Waals surface area (Å²) < 4.78 is 6.39. The van der Waals surface area contributed by atoms with Gasteiger partial charge in [-0.2, -0.15) is 0 Å². The highest BCUT2D eigenvalue weighted by Crippen LogP contribution is 2.31. The second kappa shape index (κ2) is 8.60. The number of rotatable bonds is 8. The maximum Gasteiger partial charge on any atom is 0.120 e. The molecule has 19 heavy (non-hydrogen) atoms. The highest BCUT2D eigenvalue weighted by Gasteiger charge is 2.16. The van der Waals surface area contributed by atoms with Crippen molar-refractivity contribution < 1.29 is 4.74 Å². The van der Waals surface area contributed by atoms with Gasteiger partial charge in [0.1, 0.15) is 5.75 Å². The van der Waals surface area contributed by atoms with Crippen LogP contribution in [0.5, 0.6) is 5.75 Å². The van der Waals surface area contributed by atoms with Gasteiger partial charge in [0.25, 0.3) is 0 Å². The van der Waals surface area contributed by atoms with E-state index in [4.69, 9.17) is 4.74 Å². The summed E-state index contributed by atoms with van der Waals surface area (Å²) in [5.74, 6) is 1.62. The fraction of sp³-hybridized carbons (Fsp3) is 0.625. The quantitative estimate of drug-likeness (QED) is 0.730. The molecule has 0 aromatic heterocycles. The first-order valence-corrected chi connectivity index (χ1v) is 7.98. The molecule has 2 nitrogen and oxygen atoms in total. The molecule has 0 fully saturated rings. The van der Waals surface area contributed by atoms with Crippen LogP contribution in [0.4, 0.5) is 0 Å². The van der Waals surface area contributed by atoms with E-state index >= 15 is 0 Å². The lowest BCUT2D eigenvalue weighted by molar-refractivity contribution is 0.398. The van der Waals surface area contributed by atoms with Crippen LogP contribution in [0, 0.1) is 5.92 Å². The molecule has 1 rings (SSSR count). The molecule has 0 aliphatic carbocycles. The maximum absolute atomic E-state index is 5.26. The topological polar surface area (TPSA) is 21.3 Å². The fourth-order valence-corrected chi connectivity index (χ4v) is 2.76. The van der Waals surface area contributed by atoms with Crippen molar-refractivity contribution in [3.63, 3.8) is 0 Å². The van der Waals surface area contributed by atoms with Gasteiger partial charge in [0, 0.05) is 10.5 Å². The zero-order valence-electron chi connectivity index (χ0n) is 12.5. The molecule has 0 spiro atoms. The minimum Gasteiger partial charge on any atom is -0.497 e. The van der Waals surface area contributed by atoms with Crippen LogP contribution in [0.2, 0.25) is 0 Å². The molecule has 0 heterocycles. The summed E-state index contributed by atoms with van der Waals surface area (Å²) in [6, 6.07) is 6.66. The predicted molar refractivity (Wildman–Crippen MR) is 85.8 cm³/mol. The van der Waals surface area contributed by atoms with Crippen LogP contribution >= 0.6 is 15.9 Å². The largest absolute Gasteiger partial charge is 0.497 e. The number of hydrogen-bond acceptors (Lipinski definition) is 2. The monoisotopic (exact) mass is 327 g/mol. The van der Waals surface area contributed by atoms with Crippen LogP contribution in [0.3, 0.4) is 0 Å². The molecule has 0 bridgehead atoms. The lowest BCUT2D eigenvalue weighted by Gasteiger charge is -2.23. The molecule has 3 heteroatoms. The third-order valence-electron chi connectivity index (χ3n) is 3.56. The van der Waals surface area contributed by atoms with E-state index in [0.29, 0.717) is 6.04 Å². The first kappa shape index (κ1) is 16.5. The SMILES string of the molecule is CCCNC(CC(C)CC)c1ccc(OC)cc1Br. The van der Waals surface area contributed by atoms with Crippen molar-refractivity contribution >= 4 is 15.9 Å². The third kappa shape index (κ3) is 5.15. The maximum atomic E-state index is 5.26. The van der Waals surface area contributed by atoms with Gasteiger partial charge in [0.2, 0.25) is 0 Å². The Bertz CT molecular complexity index is 381. The zero-order valence-corrected chi connectivity index (χ0v) is 14.1. The number of hydrogen-bond donors (Lipinski definition) is 1. The second-order valence-corrected chi connectivity index (χ2v) is 6.00. The van der Waals surface area contributed by atoms with Gasteiger partial charge in [-0.1, -0.05) is 49.2 Å². The van der Waals surface area contributed by atoms with E-state index in [1.807, 2.05) is 12.1 Å². The molecule has 1 N–H and O–H groups in total. The van der Waals surface area contributed by atoms with Crippen LogP contribution in [-0.2, 0) is 0 Å². The first-order valence-electron chi connectivity index (χ1n) is 7.19. The van der Waals surface area contributed by atoms with Crippen LogP contribution in [-0.4, -0.2) is 13.7 Å². The van der Waals surface area contributed by atoms with Gasteiger partial charge >= 0.3 is 0 Å². The molecule has 0 aliphatic rings. The van der Waals surface area contributed by atoms with E-state index in [1.54, 1.807) is 7.11 Å². The predicted octanol–water partition coefficient (Wildman–Crippen LogP) is 4.93. The summed E-state index contributed by atoms with van der Waals surface area (Å²) in [7, 11) is 1.70. The van der Waals surface area contributed by atoms with Crippen LogP contribution in [0.1, 0.15) is 51.6 Å². The Kier molecular flexibility index (Phi) is 7.47. The van der Waals surface area contributed by atoms with E-state index in [-0.39, 0.29) is 0 Å². The Labute approximate surface area is 126 Å². The second-order valence-electron chi connectivity index (χ2n) is 5.14. The van der Waals surface area contributed by atoms with E-state index in [9.17, 15) is 0 Å². The van der Waals surface area contributed by atoms with Gasteiger partial charge in [0.15, 0.2) is 0 Å². The molecule has 0 saturated heterocycles. The molecule has 1 aromatic rings. The fourth-order valence-electron chi connectivity index (χ4n) is 2.13. The molecular weight excluding hydrogens is 302 g/mol. The average molecular weight is 328 g/mol.